The zero-order valence-corrected chi connectivity index (χ0v) is 10.3. The van der Waals surface area contributed by atoms with Gasteiger partial charge in [-0.25, -0.2) is 5.84 Å². The lowest BCUT2D eigenvalue weighted by Gasteiger charge is -2.33. The van der Waals surface area contributed by atoms with Crippen LogP contribution in [0.25, 0.3) is 0 Å². The van der Waals surface area contributed by atoms with Crippen molar-refractivity contribution in [2.45, 2.75) is 32.9 Å². The van der Waals surface area contributed by atoms with Crippen LogP contribution in [0.15, 0.2) is 0 Å². The van der Waals surface area contributed by atoms with Gasteiger partial charge in [0.05, 0.1) is 12.5 Å². The summed E-state index contributed by atoms with van der Waals surface area (Å²) in [5.74, 6) is 4.82. The molecule has 0 radical (unpaired) electrons. The predicted molar refractivity (Wildman–Crippen MR) is 60.1 cm³/mol. The Morgan fingerprint density at radius 3 is 2.40 bits per heavy atom. The van der Waals surface area contributed by atoms with Crippen LogP contribution in [0.3, 0.4) is 0 Å². The molecule has 0 aliphatic carbocycles. The van der Waals surface area contributed by atoms with Gasteiger partial charge in [0.2, 0.25) is 5.91 Å². The van der Waals surface area contributed by atoms with Crippen molar-refractivity contribution in [3.05, 3.63) is 0 Å². The van der Waals surface area contributed by atoms with Gasteiger partial charge in [-0.1, -0.05) is 6.92 Å². The third-order valence-electron chi connectivity index (χ3n) is 3.02. The molecule has 0 aromatic heterocycles. The molecular formula is C10H23N3O2. The highest BCUT2D eigenvalue weighted by atomic mass is 16.5. The molecule has 0 aromatic rings. The summed E-state index contributed by atoms with van der Waals surface area (Å²) in [6.07, 6.45) is 0. The summed E-state index contributed by atoms with van der Waals surface area (Å²) >= 11 is 0. The molecule has 3 atom stereocenters. The highest BCUT2D eigenvalue weighted by Gasteiger charge is 2.25. The summed E-state index contributed by atoms with van der Waals surface area (Å²) in [6.45, 7) is 6.58. The standard InChI is InChI=1S/C10H23N3O2/c1-7(6-15-5)13(4)9(3)8(2)10(14)12-11/h7-9H,6,11H2,1-5H3,(H,12,14). The summed E-state index contributed by atoms with van der Waals surface area (Å²) in [4.78, 5) is 13.5. The molecule has 0 saturated carbocycles. The minimum atomic E-state index is -0.140. The molecule has 0 spiro atoms. The van der Waals surface area contributed by atoms with E-state index in [2.05, 4.69) is 17.2 Å². The quantitative estimate of drug-likeness (QED) is 0.372. The summed E-state index contributed by atoms with van der Waals surface area (Å²) in [7, 11) is 3.65. The lowest BCUT2D eigenvalue weighted by atomic mass is 10.0. The first kappa shape index (κ1) is 14.3. The van der Waals surface area contributed by atoms with Crippen molar-refractivity contribution < 1.29 is 9.53 Å². The van der Waals surface area contributed by atoms with Crippen LogP contribution in [0, 0.1) is 5.92 Å². The van der Waals surface area contributed by atoms with E-state index in [0.29, 0.717) is 6.61 Å². The van der Waals surface area contributed by atoms with Gasteiger partial charge < -0.3 is 4.74 Å². The highest BCUT2D eigenvalue weighted by molar-refractivity contribution is 5.78. The molecule has 0 saturated heterocycles. The van der Waals surface area contributed by atoms with Gasteiger partial charge in [0.1, 0.15) is 0 Å². The number of rotatable bonds is 6. The van der Waals surface area contributed by atoms with Crippen LogP contribution >= 0.6 is 0 Å². The van der Waals surface area contributed by atoms with Crippen LogP contribution in [0.4, 0.5) is 0 Å². The SMILES string of the molecule is COCC(C)N(C)C(C)C(C)C(=O)NN. The Balaban J connectivity index is 4.29. The minimum absolute atomic E-state index is 0.124. The number of carbonyl (C=O) groups is 1. The summed E-state index contributed by atoms with van der Waals surface area (Å²) in [5.41, 5.74) is 2.17. The summed E-state index contributed by atoms with van der Waals surface area (Å²) < 4.78 is 5.07. The molecular weight excluding hydrogens is 194 g/mol. The van der Waals surface area contributed by atoms with Crippen molar-refractivity contribution in [1.29, 1.82) is 0 Å². The third-order valence-corrected chi connectivity index (χ3v) is 3.02. The molecule has 5 nitrogen and oxygen atoms in total. The second kappa shape index (κ2) is 6.76. The van der Waals surface area contributed by atoms with Crippen molar-refractivity contribution in [2.75, 3.05) is 20.8 Å². The van der Waals surface area contributed by atoms with Crippen LogP contribution in [0.1, 0.15) is 20.8 Å². The zero-order valence-electron chi connectivity index (χ0n) is 10.3. The van der Waals surface area contributed by atoms with Crippen LogP contribution in [-0.2, 0) is 9.53 Å². The lowest BCUT2D eigenvalue weighted by molar-refractivity contribution is -0.126. The summed E-state index contributed by atoms with van der Waals surface area (Å²) in [5, 5.41) is 0. The van der Waals surface area contributed by atoms with Crippen molar-refractivity contribution >= 4 is 5.91 Å². The Labute approximate surface area is 91.9 Å². The molecule has 90 valence electrons. The molecule has 0 heterocycles. The number of hydrogen-bond acceptors (Lipinski definition) is 4. The molecule has 0 aliphatic rings. The maximum Gasteiger partial charge on any atom is 0.238 e. The second-order valence-electron chi connectivity index (χ2n) is 4.01. The molecule has 0 aliphatic heterocycles. The number of nitrogens with one attached hydrogen (secondary N) is 1. The number of carbonyl (C=O) groups excluding carboxylic acids is 1. The van der Waals surface area contributed by atoms with Crippen LogP contribution in [0.2, 0.25) is 0 Å². The van der Waals surface area contributed by atoms with E-state index in [1.54, 1.807) is 7.11 Å². The van der Waals surface area contributed by atoms with Crippen LogP contribution in [0.5, 0.6) is 0 Å². The fraction of sp³-hybridized carbons (Fsp3) is 0.900. The van der Waals surface area contributed by atoms with E-state index in [1.807, 2.05) is 20.9 Å². The van der Waals surface area contributed by atoms with Gasteiger partial charge in [-0.15, -0.1) is 0 Å². The number of nitrogens with zero attached hydrogens (tertiary/aromatic N) is 1. The number of likely N-dealkylation sites (N-methyl/N-ethyl adjacent to an activating group) is 1. The normalized spacial score (nSPS) is 17.3. The van der Waals surface area contributed by atoms with Gasteiger partial charge in [-0.3, -0.25) is 15.1 Å². The van der Waals surface area contributed by atoms with Crippen molar-refractivity contribution in [2.24, 2.45) is 11.8 Å². The smallest absolute Gasteiger partial charge is 0.238 e. The molecule has 0 rings (SSSR count). The number of ether oxygens (including phenoxy) is 1. The first-order valence-corrected chi connectivity index (χ1v) is 5.17. The summed E-state index contributed by atoms with van der Waals surface area (Å²) in [6, 6.07) is 0.400. The average molecular weight is 217 g/mol. The molecule has 3 unspecified atom stereocenters. The first-order chi connectivity index (χ1) is 6.95. The molecule has 15 heavy (non-hydrogen) atoms. The topological polar surface area (TPSA) is 67.6 Å². The van der Waals surface area contributed by atoms with Crippen molar-refractivity contribution in [3.8, 4) is 0 Å². The molecule has 1 amide bonds. The molecule has 0 fully saturated rings. The number of methoxy groups -OCH3 is 1. The molecule has 3 N–H and O–H groups in total. The van der Waals surface area contributed by atoms with E-state index in [-0.39, 0.29) is 23.9 Å². The maximum atomic E-state index is 11.3. The molecule has 0 bridgehead atoms. The minimum Gasteiger partial charge on any atom is -0.383 e. The van der Waals surface area contributed by atoms with Gasteiger partial charge in [-0.05, 0) is 20.9 Å². The molecule has 0 aromatic carbocycles. The van der Waals surface area contributed by atoms with Gasteiger partial charge in [-0.2, -0.15) is 0 Å². The second-order valence-corrected chi connectivity index (χ2v) is 4.01. The maximum absolute atomic E-state index is 11.3. The van der Waals surface area contributed by atoms with E-state index >= 15 is 0 Å². The van der Waals surface area contributed by atoms with Gasteiger partial charge in [0, 0.05) is 19.2 Å². The Hall–Kier alpha value is -0.650. The Morgan fingerprint density at radius 2 is 2.00 bits per heavy atom. The third kappa shape index (κ3) is 4.15. The van der Waals surface area contributed by atoms with Crippen molar-refractivity contribution in [1.82, 2.24) is 10.3 Å². The number of hydrazine groups is 1. The van der Waals surface area contributed by atoms with Crippen LogP contribution < -0.4 is 11.3 Å². The highest BCUT2D eigenvalue weighted by Crippen LogP contribution is 2.12. The van der Waals surface area contributed by atoms with Gasteiger partial charge in [0.15, 0.2) is 0 Å². The fourth-order valence-electron chi connectivity index (χ4n) is 1.46. The largest absolute Gasteiger partial charge is 0.383 e. The van der Waals surface area contributed by atoms with E-state index in [1.165, 1.54) is 0 Å². The van der Waals surface area contributed by atoms with Crippen LogP contribution in [-0.4, -0.2) is 43.7 Å². The number of hydrogen-bond donors (Lipinski definition) is 2. The average Bonchev–Trinajstić information content (AvgIpc) is 2.25. The van der Waals surface area contributed by atoms with E-state index < -0.39 is 0 Å². The molecule has 5 heteroatoms. The zero-order chi connectivity index (χ0) is 12.0. The first-order valence-electron chi connectivity index (χ1n) is 5.17. The Kier molecular flexibility index (Phi) is 6.47. The Bertz CT molecular complexity index is 199. The Morgan fingerprint density at radius 1 is 1.47 bits per heavy atom. The predicted octanol–water partition coefficient (Wildman–Crippen LogP) is -0.0324. The van der Waals surface area contributed by atoms with Crippen molar-refractivity contribution in [3.63, 3.8) is 0 Å². The van der Waals surface area contributed by atoms with Gasteiger partial charge >= 0.3 is 0 Å². The number of amides is 1. The number of nitrogens with two attached hydrogens (primary N) is 1. The fourth-order valence-corrected chi connectivity index (χ4v) is 1.46. The monoisotopic (exact) mass is 217 g/mol. The van der Waals surface area contributed by atoms with E-state index in [4.69, 9.17) is 10.6 Å². The lowest BCUT2D eigenvalue weighted by Crippen LogP contribution is -2.48. The van der Waals surface area contributed by atoms with E-state index in [0.717, 1.165) is 0 Å². The van der Waals surface area contributed by atoms with E-state index in [9.17, 15) is 4.79 Å². The van der Waals surface area contributed by atoms with Gasteiger partial charge in [0.25, 0.3) is 0 Å².